The standard InChI is InChI=1S/C26H24N4O/c31-26(28-21-8-2-1-3-9-21)29-25-12-6-7-19-17-30(16-14-23(19)25)18-20-13-15-27-24-11-5-4-10-22(20)24/h1-13,15H,14,16-18H2,(H2,28,29,31). The van der Waals surface area contributed by atoms with Gasteiger partial charge in [0, 0.05) is 42.6 Å². The number of hydrogen-bond donors (Lipinski definition) is 2. The quantitative estimate of drug-likeness (QED) is 0.473. The number of nitrogens with one attached hydrogen (secondary N) is 2. The molecule has 0 aliphatic carbocycles. The lowest BCUT2D eigenvalue weighted by Crippen LogP contribution is -2.31. The largest absolute Gasteiger partial charge is 0.323 e. The number of carbonyl (C=O) groups is 1. The average Bonchev–Trinajstić information content (AvgIpc) is 2.80. The molecule has 2 heterocycles. The molecule has 0 atom stereocenters. The molecule has 0 saturated carbocycles. The lowest BCUT2D eigenvalue weighted by molar-refractivity contribution is 0.246. The van der Waals surface area contributed by atoms with E-state index in [1.54, 1.807) is 0 Å². The molecule has 0 spiro atoms. The van der Waals surface area contributed by atoms with E-state index in [1.165, 1.54) is 22.1 Å². The van der Waals surface area contributed by atoms with Crippen molar-refractivity contribution in [3.63, 3.8) is 0 Å². The molecule has 1 aromatic heterocycles. The van der Waals surface area contributed by atoms with Crippen LogP contribution in [-0.2, 0) is 19.5 Å². The van der Waals surface area contributed by atoms with Crippen molar-refractivity contribution in [3.8, 4) is 0 Å². The van der Waals surface area contributed by atoms with Crippen LogP contribution in [0.4, 0.5) is 16.2 Å². The van der Waals surface area contributed by atoms with Crippen molar-refractivity contribution in [3.05, 3.63) is 102 Å². The molecule has 3 aromatic carbocycles. The second-order valence-corrected chi connectivity index (χ2v) is 7.84. The van der Waals surface area contributed by atoms with E-state index in [1.807, 2.05) is 54.7 Å². The lowest BCUT2D eigenvalue weighted by atomic mass is 9.97. The van der Waals surface area contributed by atoms with E-state index in [-0.39, 0.29) is 6.03 Å². The summed E-state index contributed by atoms with van der Waals surface area (Å²) in [6.07, 6.45) is 2.79. The minimum atomic E-state index is -0.217. The number of anilines is 2. The second kappa shape index (κ2) is 8.58. The van der Waals surface area contributed by atoms with Crippen molar-refractivity contribution >= 4 is 28.3 Å². The van der Waals surface area contributed by atoms with Crippen molar-refractivity contribution in [1.29, 1.82) is 0 Å². The lowest BCUT2D eigenvalue weighted by Gasteiger charge is -2.30. The number of urea groups is 1. The van der Waals surface area contributed by atoms with E-state index in [9.17, 15) is 4.79 Å². The van der Waals surface area contributed by atoms with Gasteiger partial charge in [-0.25, -0.2) is 4.79 Å². The van der Waals surface area contributed by atoms with Gasteiger partial charge in [0.15, 0.2) is 0 Å². The van der Waals surface area contributed by atoms with Gasteiger partial charge in [-0.2, -0.15) is 0 Å². The first kappa shape index (κ1) is 19.3. The first-order valence-electron chi connectivity index (χ1n) is 10.5. The highest BCUT2D eigenvalue weighted by Crippen LogP contribution is 2.28. The summed E-state index contributed by atoms with van der Waals surface area (Å²) in [5.41, 5.74) is 6.49. The molecule has 31 heavy (non-hydrogen) atoms. The Morgan fingerprint density at radius 1 is 0.903 bits per heavy atom. The summed E-state index contributed by atoms with van der Waals surface area (Å²) in [6, 6.07) is 25.8. The SMILES string of the molecule is O=C(Nc1ccccc1)Nc1cccc2c1CCN(Cc1ccnc3ccccc13)C2. The zero-order valence-corrected chi connectivity index (χ0v) is 17.2. The highest BCUT2D eigenvalue weighted by atomic mass is 16.2. The van der Waals surface area contributed by atoms with Crippen molar-refractivity contribution in [1.82, 2.24) is 9.88 Å². The third-order valence-electron chi connectivity index (χ3n) is 5.76. The van der Waals surface area contributed by atoms with Gasteiger partial charge < -0.3 is 10.6 Å². The minimum Gasteiger partial charge on any atom is -0.308 e. The van der Waals surface area contributed by atoms with Crippen LogP contribution in [0.5, 0.6) is 0 Å². The smallest absolute Gasteiger partial charge is 0.308 e. The fourth-order valence-electron chi connectivity index (χ4n) is 4.26. The number of aromatic nitrogens is 1. The fraction of sp³-hybridized carbons (Fsp3) is 0.154. The molecule has 154 valence electrons. The van der Waals surface area contributed by atoms with E-state index < -0.39 is 0 Å². The molecule has 0 fully saturated rings. The van der Waals surface area contributed by atoms with Gasteiger partial charge in [0.1, 0.15) is 0 Å². The van der Waals surface area contributed by atoms with Gasteiger partial charge in [0.2, 0.25) is 0 Å². The zero-order valence-electron chi connectivity index (χ0n) is 17.2. The Kier molecular flexibility index (Phi) is 5.33. The first-order valence-corrected chi connectivity index (χ1v) is 10.5. The first-order chi connectivity index (χ1) is 15.3. The van der Waals surface area contributed by atoms with Crippen LogP contribution in [0.3, 0.4) is 0 Å². The summed E-state index contributed by atoms with van der Waals surface area (Å²) in [4.78, 5) is 19.4. The number of fused-ring (bicyclic) bond motifs is 2. The summed E-state index contributed by atoms with van der Waals surface area (Å²) in [7, 11) is 0. The molecule has 1 aliphatic heterocycles. The third kappa shape index (κ3) is 4.27. The molecule has 0 saturated heterocycles. The van der Waals surface area contributed by atoms with Crippen molar-refractivity contribution in [2.24, 2.45) is 0 Å². The van der Waals surface area contributed by atoms with Crippen LogP contribution in [0.1, 0.15) is 16.7 Å². The van der Waals surface area contributed by atoms with Gasteiger partial charge in [0.05, 0.1) is 5.52 Å². The monoisotopic (exact) mass is 408 g/mol. The molecule has 0 radical (unpaired) electrons. The van der Waals surface area contributed by atoms with Crippen molar-refractivity contribution in [2.45, 2.75) is 19.5 Å². The van der Waals surface area contributed by atoms with Crippen LogP contribution in [0.15, 0.2) is 85.1 Å². The summed E-state index contributed by atoms with van der Waals surface area (Å²) in [5.74, 6) is 0. The molecule has 2 amide bonds. The summed E-state index contributed by atoms with van der Waals surface area (Å²) in [6.45, 7) is 2.69. The van der Waals surface area contributed by atoms with Crippen LogP contribution in [-0.4, -0.2) is 22.5 Å². The normalized spacial score (nSPS) is 13.5. The van der Waals surface area contributed by atoms with Gasteiger partial charge in [-0.15, -0.1) is 0 Å². The Morgan fingerprint density at radius 2 is 1.74 bits per heavy atom. The van der Waals surface area contributed by atoms with E-state index >= 15 is 0 Å². The molecule has 1 aliphatic rings. The number of hydrogen-bond acceptors (Lipinski definition) is 3. The molecule has 2 N–H and O–H groups in total. The van der Waals surface area contributed by atoms with Crippen LogP contribution in [0.25, 0.3) is 10.9 Å². The summed E-state index contributed by atoms with van der Waals surface area (Å²) < 4.78 is 0. The number of para-hydroxylation sites is 2. The molecule has 5 nitrogen and oxygen atoms in total. The Labute approximate surface area is 181 Å². The molecular formula is C26H24N4O. The highest BCUT2D eigenvalue weighted by Gasteiger charge is 2.20. The third-order valence-corrected chi connectivity index (χ3v) is 5.76. The number of carbonyl (C=O) groups excluding carboxylic acids is 1. The maximum Gasteiger partial charge on any atom is 0.323 e. The van der Waals surface area contributed by atoms with E-state index in [2.05, 4.69) is 50.8 Å². The predicted octanol–water partition coefficient (Wildman–Crippen LogP) is 5.44. The Bertz CT molecular complexity index is 1220. The zero-order chi connectivity index (χ0) is 21.0. The second-order valence-electron chi connectivity index (χ2n) is 7.84. The predicted molar refractivity (Wildman–Crippen MR) is 125 cm³/mol. The van der Waals surface area contributed by atoms with Gasteiger partial charge in [0.25, 0.3) is 0 Å². The van der Waals surface area contributed by atoms with Crippen molar-refractivity contribution in [2.75, 3.05) is 17.2 Å². The maximum absolute atomic E-state index is 12.5. The van der Waals surface area contributed by atoms with Crippen LogP contribution in [0, 0.1) is 0 Å². The van der Waals surface area contributed by atoms with Gasteiger partial charge in [-0.3, -0.25) is 9.88 Å². The highest BCUT2D eigenvalue weighted by molar-refractivity contribution is 6.00. The Balaban J connectivity index is 1.30. The van der Waals surface area contributed by atoms with Crippen LogP contribution in [0.2, 0.25) is 0 Å². The topological polar surface area (TPSA) is 57.3 Å². The number of benzene rings is 3. The summed E-state index contributed by atoms with van der Waals surface area (Å²) in [5, 5.41) is 7.13. The molecule has 5 heteroatoms. The molecule has 4 aromatic rings. The molecule has 0 bridgehead atoms. The van der Waals surface area contributed by atoms with Crippen LogP contribution >= 0.6 is 0 Å². The fourth-order valence-corrected chi connectivity index (χ4v) is 4.26. The Hall–Kier alpha value is -3.70. The molecule has 5 rings (SSSR count). The number of amides is 2. The maximum atomic E-state index is 12.5. The minimum absolute atomic E-state index is 0.217. The average molecular weight is 409 g/mol. The van der Waals surface area contributed by atoms with E-state index in [4.69, 9.17) is 0 Å². The number of nitrogens with zero attached hydrogens (tertiary/aromatic N) is 2. The Morgan fingerprint density at radius 3 is 2.65 bits per heavy atom. The van der Waals surface area contributed by atoms with Crippen molar-refractivity contribution < 1.29 is 4.79 Å². The van der Waals surface area contributed by atoms with E-state index in [0.717, 1.165) is 42.9 Å². The molecular weight excluding hydrogens is 384 g/mol. The van der Waals surface area contributed by atoms with Gasteiger partial charge >= 0.3 is 6.03 Å². The van der Waals surface area contributed by atoms with Gasteiger partial charge in [-0.05, 0) is 53.4 Å². The van der Waals surface area contributed by atoms with Crippen LogP contribution < -0.4 is 10.6 Å². The number of rotatable bonds is 4. The summed E-state index contributed by atoms with van der Waals surface area (Å²) >= 11 is 0. The number of pyridine rings is 1. The molecule has 0 unspecified atom stereocenters. The van der Waals surface area contributed by atoms with Gasteiger partial charge in [-0.1, -0.05) is 48.5 Å². The van der Waals surface area contributed by atoms with E-state index in [0.29, 0.717) is 0 Å².